The molecule has 0 aliphatic carbocycles. The standard InChI is InChI=1S/C14H10ClF2NO4S/c1-7-11(17)4-8(14(19)20)5-13(7)23(21,22)18-12-3-2-9(16)6-10(12)15/h2-6,18H,1H3,(H,19,20). The maximum Gasteiger partial charge on any atom is 0.335 e. The van der Waals surface area contributed by atoms with Crippen LogP contribution in [0.5, 0.6) is 0 Å². The van der Waals surface area contributed by atoms with Gasteiger partial charge in [0.25, 0.3) is 10.0 Å². The van der Waals surface area contributed by atoms with Crippen molar-refractivity contribution in [1.29, 1.82) is 0 Å². The number of hydrogen-bond acceptors (Lipinski definition) is 3. The first-order valence-corrected chi connectivity index (χ1v) is 7.99. The van der Waals surface area contributed by atoms with Crippen molar-refractivity contribution in [3.05, 3.63) is 58.1 Å². The fraction of sp³-hybridized carbons (Fsp3) is 0.0714. The Morgan fingerprint density at radius 2 is 1.87 bits per heavy atom. The van der Waals surface area contributed by atoms with Gasteiger partial charge in [0, 0.05) is 5.56 Å². The number of hydrogen-bond donors (Lipinski definition) is 2. The van der Waals surface area contributed by atoms with E-state index >= 15 is 0 Å². The van der Waals surface area contributed by atoms with Crippen molar-refractivity contribution >= 4 is 33.3 Å². The lowest BCUT2D eigenvalue weighted by atomic mass is 10.1. The zero-order valence-electron chi connectivity index (χ0n) is 11.6. The van der Waals surface area contributed by atoms with Crippen LogP contribution in [0.25, 0.3) is 0 Å². The third-order valence-corrected chi connectivity index (χ3v) is 4.81. The summed E-state index contributed by atoms with van der Waals surface area (Å²) in [5.74, 6) is -3.11. The van der Waals surface area contributed by atoms with Gasteiger partial charge in [-0.25, -0.2) is 22.0 Å². The lowest BCUT2D eigenvalue weighted by molar-refractivity contribution is 0.0696. The fourth-order valence-electron chi connectivity index (χ4n) is 1.83. The maximum atomic E-state index is 13.8. The minimum atomic E-state index is -4.32. The molecule has 0 amide bonds. The molecule has 0 saturated carbocycles. The van der Waals surface area contributed by atoms with E-state index in [2.05, 4.69) is 4.72 Å². The number of anilines is 1. The van der Waals surface area contributed by atoms with Crippen molar-refractivity contribution in [3.63, 3.8) is 0 Å². The molecule has 2 N–H and O–H groups in total. The summed E-state index contributed by atoms with van der Waals surface area (Å²) in [6.07, 6.45) is 0. The first kappa shape index (κ1) is 17.2. The summed E-state index contributed by atoms with van der Waals surface area (Å²) in [6.45, 7) is 1.20. The average molecular weight is 362 g/mol. The van der Waals surface area contributed by atoms with Crippen LogP contribution in [0, 0.1) is 18.6 Å². The molecule has 122 valence electrons. The van der Waals surface area contributed by atoms with Crippen LogP contribution in [0.15, 0.2) is 35.2 Å². The van der Waals surface area contributed by atoms with Crippen molar-refractivity contribution in [2.45, 2.75) is 11.8 Å². The summed E-state index contributed by atoms with van der Waals surface area (Å²) in [5.41, 5.74) is -0.881. The Morgan fingerprint density at radius 3 is 2.43 bits per heavy atom. The second-order valence-corrected chi connectivity index (χ2v) is 6.67. The molecular weight excluding hydrogens is 352 g/mol. The van der Waals surface area contributed by atoms with E-state index in [0.717, 1.165) is 30.3 Å². The topological polar surface area (TPSA) is 83.5 Å². The molecule has 0 aromatic heterocycles. The van der Waals surface area contributed by atoms with Crippen LogP contribution in [0.2, 0.25) is 5.02 Å². The third kappa shape index (κ3) is 3.59. The van der Waals surface area contributed by atoms with Crippen LogP contribution in [-0.4, -0.2) is 19.5 Å². The highest BCUT2D eigenvalue weighted by Gasteiger charge is 2.23. The normalized spacial score (nSPS) is 11.3. The van der Waals surface area contributed by atoms with Crippen molar-refractivity contribution in [2.75, 3.05) is 4.72 Å². The second-order valence-electron chi connectivity index (χ2n) is 4.62. The van der Waals surface area contributed by atoms with Gasteiger partial charge in [0.2, 0.25) is 0 Å². The van der Waals surface area contributed by atoms with Crippen molar-refractivity contribution < 1.29 is 27.1 Å². The smallest absolute Gasteiger partial charge is 0.335 e. The molecule has 2 aromatic rings. The first-order valence-electron chi connectivity index (χ1n) is 6.13. The Bertz CT molecular complexity index is 900. The number of carboxylic acids is 1. The van der Waals surface area contributed by atoms with Crippen LogP contribution < -0.4 is 4.72 Å². The van der Waals surface area contributed by atoms with Crippen LogP contribution in [0.4, 0.5) is 14.5 Å². The molecule has 0 aliphatic rings. The molecule has 0 spiro atoms. The summed E-state index contributed by atoms with van der Waals surface area (Å²) >= 11 is 5.74. The molecule has 0 heterocycles. The van der Waals surface area contributed by atoms with Gasteiger partial charge in [-0.05, 0) is 37.3 Å². The number of rotatable bonds is 4. The molecule has 0 saturated heterocycles. The van der Waals surface area contributed by atoms with E-state index in [1.165, 1.54) is 6.92 Å². The SMILES string of the molecule is Cc1c(F)cc(C(=O)O)cc1S(=O)(=O)Nc1ccc(F)cc1Cl. The molecule has 0 bridgehead atoms. The third-order valence-electron chi connectivity index (χ3n) is 3.01. The molecule has 0 atom stereocenters. The van der Waals surface area contributed by atoms with Gasteiger partial charge in [-0.3, -0.25) is 4.72 Å². The number of aromatic carboxylic acids is 1. The van der Waals surface area contributed by atoms with Crippen molar-refractivity contribution in [1.82, 2.24) is 0 Å². The van der Waals surface area contributed by atoms with Crippen LogP contribution in [-0.2, 0) is 10.0 Å². The molecule has 0 radical (unpaired) electrons. The van der Waals surface area contributed by atoms with E-state index in [1.54, 1.807) is 0 Å². The zero-order valence-corrected chi connectivity index (χ0v) is 13.2. The second kappa shape index (κ2) is 6.13. The van der Waals surface area contributed by atoms with E-state index in [9.17, 15) is 22.0 Å². The number of carboxylic acid groups (broad SMARTS) is 1. The van der Waals surface area contributed by atoms with Gasteiger partial charge in [-0.2, -0.15) is 0 Å². The highest BCUT2D eigenvalue weighted by Crippen LogP contribution is 2.27. The largest absolute Gasteiger partial charge is 0.478 e. The lowest BCUT2D eigenvalue weighted by Gasteiger charge is -2.13. The molecule has 2 aromatic carbocycles. The van der Waals surface area contributed by atoms with E-state index in [-0.39, 0.29) is 16.3 Å². The quantitative estimate of drug-likeness (QED) is 0.874. The van der Waals surface area contributed by atoms with Crippen LogP contribution in [0.3, 0.4) is 0 Å². The summed E-state index contributed by atoms with van der Waals surface area (Å²) in [6, 6.07) is 4.55. The van der Waals surface area contributed by atoms with E-state index in [0.29, 0.717) is 0 Å². The minimum absolute atomic E-state index is 0.117. The Hall–Kier alpha value is -2.19. The number of carbonyl (C=O) groups is 1. The highest BCUT2D eigenvalue weighted by molar-refractivity contribution is 7.92. The molecular formula is C14H10ClF2NO4S. The zero-order chi connectivity index (χ0) is 17.4. The van der Waals surface area contributed by atoms with E-state index in [1.807, 2.05) is 0 Å². The number of nitrogens with one attached hydrogen (secondary N) is 1. The van der Waals surface area contributed by atoms with Gasteiger partial charge < -0.3 is 5.11 Å². The van der Waals surface area contributed by atoms with Gasteiger partial charge >= 0.3 is 5.97 Å². The molecule has 9 heteroatoms. The van der Waals surface area contributed by atoms with Gasteiger partial charge in [0.1, 0.15) is 11.6 Å². The molecule has 23 heavy (non-hydrogen) atoms. The van der Waals surface area contributed by atoms with Crippen molar-refractivity contribution in [3.8, 4) is 0 Å². The van der Waals surface area contributed by atoms with Crippen molar-refractivity contribution in [2.24, 2.45) is 0 Å². The fourth-order valence-corrected chi connectivity index (χ4v) is 3.46. The summed E-state index contributed by atoms with van der Waals surface area (Å²) in [5, 5.41) is 8.72. The predicted octanol–water partition coefficient (Wildman–Crippen LogP) is 3.43. The summed E-state index contributed by atoms with van der Waals surface area (Å²) in [4.78, 5) is 10.4. The van der Waals surface area contributed by atoms with E-state index in [4.69, 9.17) is 16.7 Å². The Balaban J connectivity index is 2.53. The first-order chi connectivity index (χ1) is 10.6. The predicted molar refractivity (Wildman–Crippen MR) is 80.3 cm³/mol. The van der Waals surface area contributed by atoms with Crippen LogP contribution in [0.1, 0.15) is 15.9 Å². The lowest BCUT2D eigenvalue weighted by Crippen LogP contribution is -2.16. The van der Waals surface area contributed by atoms with Gasteiger partial charge in [0.15, 0.2) is 0 Å². The summed E-state index contributed by atoms with van der Waals surface area (Å²) in [7, 11) is -4.32. The van der Waals surface area contributed by atoms with Gasteiger partial charge in [0.05, 0.1) is 21.2 Å². The molecule has 5 nitrogen and oxygen atoms in total. The maximum absolute atomic E-state index is 13.8. The minimum Gasteiger partial charge on any atom is -0.478 e. The Kier molecular flexibility index (Phi) is 4.58. The molecule has 0 fully saturated rings. The number of halogens is 3. The molecule has 2 rings (SSSR count). The van der Waals surface area contributed by atoms with E-state index < -0.39 is 38.1 Å². The highest BCUT2D eigenvalue weighted by atomic mass is 35.5. The Labute approximate surface area is 135 Å². The van der Waals surface area contributed by atoms with Gasteiger partial charge in [-0.1, -0.05) is 11.6 Å². The summed E-state index contributed by atoms with van der Waals surface area (Å²) < 4.78 is 53.6. The number of benzene rings is 2. The average Bonchev–Trinajstić information content (AvgIpc) is 2.44. The van der Waals surface area contributed by atoms with Gasteiger partial charge in [-0.15, -0.1) is 0 Å². The molecule has 0 unspecified atom stereocenters. The van der Waals surface area contributed by atoms with Crippen LogP contribution >= 0.6 is 11.6 Å². The Morgan fingerprint density at radius 1 is 1.22 bits per heavy atom. The molecule has 0 aliphatic heterocycles. The number of sulfonamides is 1. The monoisotopic (exact) mass is 361 g/mol.